The molecule has 20 heavy (non-hydrogen) atoms. The van der Waals surface area contributed by atoms with E-state index < -0.39 is 0 Å². The van der Waals surface area contributed by atoms with E-state index >= 15 is 0 Å². The van der Waals surface area contributed by atoms with Gasteiger partial charge in [0.15, 0.2) is 0 Å². The van der Waals surface area contributed by atoms with Crippen molar-refractivity contribution in [2.45, 2.75) is 50.4 Å². The Morgan fingerprint density at radius 3 is 2.95 bits per heavy atom. The summed E-state index contributed by atoms with van der Waals surface area (Å²) in [6, 6.07) is 8.66. The van der Waals surface area contributed by atoms with Crippen molar-refractivity contribution in [1.82, 2.24) is 9.78 Å². The summed E-state index contributed by atoms with van der Waals surface area (Å²) in [4.78, 5) is 0. The van der Waals surface area contributed by atoms with Crippen molar-refractivity contribution in [2.75, 3.05) is 5.75 Å². The average molecular weight is 289 g/mol. The maximum absolute atomic E-state index is 6.52. The number of fused-ring (bicyclic) bond motifs is 1. The molecule has 2 heterocycles. The van der Waals surface area contributed by atoms with E-state index in [-0.39, 0.29) is 10.8 Å². The molecule has 0 aliphatic carbocycles. The fourth-order valence-corrected chi connectivity index (χ4v) is 4.45. The largest absolute Gasteiger partial charge is 0.326 e. The van der Waals surface area contributed by atoms with E-state index in [9.17, 15) is 0 Å². The molecule has 1 saturated heterocycles. The van der Waals surface area contributed by atoms with Crippen LogP contribution in [0.2, 0.25) is 0 Å². The SMILES string of the molecule is CCn1nc(CC(N)C2(C)CCCS2)c2ccccc21. The monoisotopic (exact) mass is 289 g/mol. The molecule has 3 rings (SSSR count). The van der Waals surface area contributed by atoms with Gasteiger partial charge in [0.1, 0.15) is 0 Å². The highest BCUT2D eigenvalue weighted by Crippen LogP contribution is 2.40. The molecule has 0 saturated carbocycles. The Balaban J connectivity index is 1.91. The van der Waals surface area contributed by atoms with Crippen molar-refractivity contribution in [2.24, 2.45) is 5.73 Å². The van der Waals surface area contributed by atoms with Gasteiger partial charge < -0.3 is 5.73 Å². The van der Waals surface area contributed by atoms with Gasteiger partial charge in [0, 0.05) is 29.1 Å². The molecule has 2 atom stereocenters. The van der Waals surface area contributed by atoms with Crippen LogP contribution in [-0.2, 0) is 13.0 Å². The number of hydrogen-bond donors (Lipinski definition) is 1. The zero-order valence-electron chi connectivity index (χ0n) is 12.3. The number of rotatable bonds is 4. The van der Waals surface area contributed by atoms with E-state index in [1.54, 1.807) is 0 Å². The number of aryl methyl sites for hydroxylation is 1. The summed E-state index contributed by atoms with van der Waals surface area (Å²) in [7, 11) is 0. The van der Waals surface area contributed by atoms with Gasteiger partial charge in [-0.1, -0.05) is 18.2 Å². The molecule has 1 fully saturated rings. The molecule has 4 heteroatoms. The lowest BCUT2D eigenvalue weighted by Crippen LogP contribution is -2.42. The summed E-state index contributed by atoms with van der Waals surface area (Å²) in [6.45, 7) is 5.35. The van der Waals surface area contributed by atoms with Gasteiger partial charge in [0.05, 0.1) is 11.2 Å². The number of nitrogens with zero attached hydrogens (tertiary/aromatic N) is 2. The van der Waals surface area contributed by atoms with Crippen LogP contribution in [0, 0.1) is 0 Å². The molecule has 108 valence electrons. The number of aromatic nitrogens is 2. The Morgan fingerprint density at radius 1 is 1.45 bits per heavy atom. The van der Waals surface area contributed by atoms with E-state index in [2.05, 4.69) is 42.8 Å². The smallest absolute Gasteiger partial charge is 0.0719 e. The highest BCUT2D eigenvalue weighted by Gasteiger charge is 2.36. The molecular weight excluding hydrogens is 266 g/mol. The fourth-order valence-electron chi connectivity index (χ4n) is 3.11. The van der Waals surface area contributed by atoms with Crippen LogP contribution >= 0.6 is 11.8 Å². The maximum Gasteiger partial charge on any atom is 0.0719 e. The van der Waals surface area contributed by atoms with Crippen molar-refractivity contribution in [3.63, 3.8) is 0 Å². The summed E-state index contributed by atoms with van der Waals surface area (Å²) in [6.07, 6.45) is 3.39. The average Bonchev–Trinajstić information content (AvgIpc) is 3.05. The lowest BCUT2D eigenvalue weighted by Gasteiger charge is -2.29. The minimum atomic E-state index is 0.179. The first kappa shape index (κ1) is 14.0. The standard InChI is InChI=1S/C16H23N3S/c1-3-19-14-8-5-4-7-12(14)13(18-19)11-15(17)16(2)9-6-10-20-16/h4-5,7-8,15H,3,6,9-11,17H2,1-2H3. The molecule has 1 aliphatic heterocycles. The first-order valence-electron chi connectivity index (χ1n) is 7.48. The lowest BCUT2D eigenvalue weighted by atomic mass is 9.92. The zero-order chi connectivity index (χ0) is 14.2. The predicted octanol–water partition coefficient (Wildman–Crippen LogP) is 3.21. The molecule has 2 N–H and O–H groups in total. The normalized spacial score (nSPS) is 24.4. The molecule has 0 amide bonds. The first-order chi connectivity index (χ1) is 9.64. The Hall–Kier alpha value is -1.00. The van der Waals surface area contributed by atoms with Crippen molar-refractivity contribution in [3.05, 3.63) is 30.0 Å². The van der Waals surface area contributed by atoms with Gasteiger partial charge in [-0.3, -0.25) is 4.68 Å². The Labute approximate surface area is 124 Å². The van der Waals surface area contributed by atoms with Gasteiger partial charge in [-0.05, 0) is 38.5 Å². The van der Waals surface area contributed by atoms with Gasteiger partial charge in [0.25, 0.3) is 0 Å². The van der Waals surface area contributed by atoms with Crippen LogP contribution in [0.1, 0.15) is 32.4 Å². The minimum absolute atomic E-state index is 0.179. The van der Waals surface area contributed by atoms with Crippen LogP contribution in [0.25, 0.3) is 10.9 Å². The van der Waals surface area contributed by atoms with Crippen LogP contribution in [0.15, 0.2) is 24.3 Å². The fraction of sp³-hybridized carbons (Fsp3) is 0.562. The first-order valence-corrected chi connectivity index (χ1v) is 8.46. The third kappa shape index (κ3) is 2.35. The van der Waals surface area contributed by atoms with Crippen LogP contribution in [0.3, 0.4) is 0 Å². The Bertz CT molecular complexity index is 599. The topological polar surface area (TPSA) is 43.8 Å². The van der Waals surface area contributed by atoms with Gasteiger partial charge >= 0.3 is 0 Å². The summed E-state index contributed by atoms with van der Waals surface area (Å²) in [5.41, 5.74) is 8.90. The highest BCUT2D eigenvalue weighted by molar-refractivity contribution is 8.00. The summed E-state index contributed by atoms with van der Waals surface area (Å²) in [5, 5.41) is 6.04. The number of para-hydroxylation sites is 1. The molecule has 1 aliphatic rings. The van der Waals surface area contributed by atoms with Gasteiger partial charge in [0.2, 0.25) is 0 Å². The molecule has 2 aromatic rings. The third-order valence-electron chi connectivity index (χ3n) is 4.48. The maximum atomic E-state index is 6.52. The molecule has 0 bridgehead atoms. The zero-order valence-corrected chi connectivity index (χ0v) is 13.1. The van der Waals surface area contributed by atoms with Crippen LogP contribution < -0.4 is 5.73 Å². The van der Waals surface area contributed by atoms with E-state index in [0.717, 1.165) is 18.7 Å². The van der Waals surface area contributed by atoms with E-state index in [1.165, 1.54) is 29.5 Å². The molecule has 1 aromatic heterocycles. The molecule has 3 nitrogen and oxygen atoms in total. The number of benzene rings is 1. The molecule has 0 radical (unpaired) electrons. The van der Waals surface area contributed by atoms with Crippen LogP contribution in [0.5, 0.6) is 0 Å². The second-order valence-corrected chi connectivity index (χ2v) is 7.48. The van der Waals surface area contributed by atoms with Crippen molar-refractivity contribution in [1.29, 1.82) is 0 Å². The Kier molecular flexibility index (Phi) is 3.78. The predicted molar refractivity (Wildman–Crippen MR) is 87.2 cm³/mol. The second kappa shape index (κ2) is 5.41. The van der Waals surface area contributed by atoms with E-state index in [4.69, 9.17) is 10.8 Å². The van der Waals surface area contributed by atoms with Gasteiger partial charge in [-0.15, -0.1) is 0 Å². The van der Waals surface area contributed by atoms with E-state index in [0.29, 0.717) is 0 Å². The number of thioether (sulfide) groups is 1. The lowest BCUT2D eigenvalue weighted by molar-refractivity contribution is 0.477. The van der Waals surface area contributed by atoms with Crippen molar-refractivity contribution < 1.29 is 0 Å². The van der Waals surface area contributed by atoms with Crippen molar-refractivity contribution in [3.8, 4) is 0 Å². The van der Waals surface area contributed by atoms with Crippen molar-refractivity contribution >= 4 is 22.7 Å². The third-order valence-corrected chi connectivity index (χ3v) is 6.14. The highest BCUT2D eigenvalue weighted by atomic mass is 32.2. The quantitative estimate of drug-likeness (QED) is 0.940. The number of nitrogens with two attached hydrogens (primary N) is 1. The van der Waals surface area contributed by atoms with Gasteiger partial charge in [-0.2, -0.15) is 16.9 Å². The second-order valence-electron chi connectivity index (χ2n) is 5.85. The van der Waals surface area contributed by atoms with E-state index in [1.807, 2.05) is 11.8 Å². The van der Waals surface area contributed by atoms with Gasteiger partial charge in [-0.25, -0.2) is 0 Å². The Morgan fingerprint density at radius 2 is 2.25 bits per heavy atom. The summed E-state index contributed by atoms with van der Waals surface area (Å²) >= 11 is 2.03. The minimum Gasteiger partial charge on any atom is -0.326 e. The van der Waals surface area contributed by atoms with Crippen LogP contribution in [-0.4, -0.2) is 26.3 Å². The summed E-state index contributed by atoms with van der Waals surface area (Å²) in [5.74, 6) is 1.24. The van der Waals surface area contributed by atoms with Crippen LogP contribution in [0.4, 0.5) is 0 Å². The molecule has 1 aromatic carbocycles. The molecular formula is C16H23N3S. The summed E-state index contributed by atoms with van der Waals surface area (Å²) < 4.78 is 2.30. The molecule has 2 unspecified atom stereocenters. The molecule has 0 spiro atoms. The number of hydrogen-bond acceptors (Lipinski definition) is 3.